The van der Waals surface area contributed by atoms with Gasteiger partial charge in [-0.05, 0) is 48.5 Å². The number of nitrogens with zero attached hydrogens (tertiary/aromatic N) is 4. The zero-order valence-electron chi connectivity index (χ0n) is 18.6. The Kier molecular flexibility index (Phi) is 6.33. The molecule has 3 heterocycles. The number of thioether (sulfide) groups is 1. The van der Waals surface area contributed by atoms with Crippen molar-refractivity contribution in [2.45, 2.75) is 77.2 Å². The molecule has 6 nitrogen and oxygen atoms in total. The minimum atomic E-state index is -0.222. The van der Waals surface area contributed by atoms with Gasteiger partial charge < -0.3 is 4.90 Å². The molecule has 2 fully saturated rings. The highest BCUT2D eigenvalue weighted by atomic mass is 32.2. The van der Waals surface area contributed by atoms with E-state index in [1.165, 1.54) is 42.6 Å². The molecule has 0 bridgehead atoms. The fourth-order valence-corrected chi connectivity index (χ4v) is 7.28. The van der Waals surface area contributed by atoms with Crippen molar-refractivity contribution in [3.8, 4) is 0 Å². The highest BCUT2D eigenvalue weighted by Gasteiger charge is 2.41. The second-order valence-electron chi connectivity index (χ2n) is 9.86. The molecule has 1 saturated carbocycles. The largest absolute Gasteiger partial charge is 0.340 e. The number of rotatable bonds is 4. The van der Waals surface area contributed by atoms with Crippen LogP contribution in [-0.2, 0) is 9.59 Å². The summed E-state index contributed by atoms with van der Waals surface area (Å²) in [6.07, 6.45) is 10.8. The van der Waals surface area contributed by atoms with Crippen LogP contribution in [0.15, 0.2) is 20.5 Å². The zero-order chi connectivity index (χ0) is 21.4. The van der Waals surface area contributed by atoms with Gasteiger partial charge in [0.05, 0.1) is 5.04 Å². The molecule has 1 saturated heterocycles. The van der Waals surface area contributed by atoms with Crippen molar-refractivity contribution < 1.29 is 9.59 Å². The Morgan fingerprint density at radius 3 is 2.61 bits per heavy atom. The molecule has 31 heavy (non-hydrogen) atoms. The summed E-state index contributed by atoms with van der Waals surface area (Å²) >= 11 is 1.69. The van der Waals surface area contributed by atoms with E-state index in [1.54, 1.807) is 11.8 Å². The number of carbonyl (C=O) groups is 2. The first-order valence-corrected chi connectivity index (χ1v) is 13.0. The fourth-order valence-electron chi connectivity index (χ4n) is 5.80. The van der Waals surface area contributed by atoms with Crippen molar-refractivity contribution in [1.82, 2.24) is 9.80 Å². The summed E-state index contributed by atoms with van der Waals surface area (Å²) in [4.78, 5) is 40.5. The third kappa shape index (κ3) is 4.54. The van der Waals surface area contributed by atoms with E-state index in [4.69, 9.17) is 4.99 Å². The smallest absolute Gasteiger partial charge is 0.261 e. The van der Waals surface area contributed by atoms with Gasteiger partial charge in [0.15, 0.2) is 0 Å². The van der Waals surface area contributed by atoms with Crippen LogP contribution in [0, 0.1) is 11.8 Å². The molecule has 2 aliphatic carbocycles. The van der Waals surface area contributed by atoms with Gasteiger partial charge in [0.2, 0.25) is 5.91 Å². The summed E-state index contributed by atoms with van der Waals surface area (Å²) in [5.74, 6) is 1.11. The lowest BCUT2D eigenvalue weighted by atomic mass is 9.84. The van der Waals surface area contributed by atoms with E-state index < -0.39 is 0 Å². The molecular weight excluding hydrogens is 408 g/mol. The lowest BCUT2D eigenvalue weighted by Crippen LogP contribution is -2.52. The molecule has 0 N–H and O–H groups in total. The third-order valence-electron chi connectivity index (χ3n) is 7.67. The van der Waals surface area contributed by atoms with Gasteiger partial charge in [-0.2, -0.15) is 4.99 Å². The van der Waals surface area contributed by atoms with Gasteiger partial charge in [-0.3, -0.25) is 14.5 Å². The molecule has 3 aliphatic heterocycles. The molecule has 2 atom stereocenters. The van der Waals surface area contributed by atoms with Crippen LogP contribution in [0.1, 0.15) is 71.1 Å². The maximum atomic E-state index is 12.8. The number of hydrogen-bond donors (Lipinski definition) is 0. The van der Waals surface area contributed by atoms with E-state index in [-0.39, 0.29) is 17.7 Å². The normalized spacial score (nSPS) is 30.1. The molecule has 5 aliphatic rings. The Morgan fingerprint density at radius 2 is 1.84 bits per heavy atom. The molecule has 2 unspecified atom stereocenters. The van der Waals surface area contributed by atoms with Crippen molar-refractivity contribution in [3.63, 3.8) is 0 Å². The van der Waals surface area contributed by atoms with Gasteiger partial charge in [0, 0.05) is 45.1 Å². The van der Waals surface area contributed by atoms with E-state index >= 15 is 0 Å². The first-order chi connectivity index (χ1) is 15.1. The Morgan fingerprint density at radius 1 is 1.06 bits per heavy atom. The Bertz CT molecular complexity index is 835. The van der Waals surface area contributed by atoms with E-state index in [0.717, 1.165) is 56.5 Å². The van der Waals surface area contributed by atoms with Gasteiger partial charge in [-0.25, -0.2) is 4.99 Å². The summed E-state index contributed by atoms with van der Waals surface area (Å²) in [6.45, 7) is 5.90. The number of aliphatic imine (C=N–C) groups is 2. The number of amidine groups is 1. The molecule has 0 aromatic rings. The van der Waals surface area contributed by atoms with Crippen molar-refractivity contribution in [1.29, 1.82) is 0 Å². The number of hydrogen-bond acceptors (Lipinski definition) is 5. The number of amides is 2. The third-order valence-corrected chi connectivity index (χ3v) is 8.88. The van der Waals surface area contributed by atoms with Gasteiger partial charge >= 0.3 is 0 Å². The number of carbonyl (C=O) groups excluding carboxylic acids is 2. The minimum absolute atomic E-state index is 0.0689. The van der Waals surface area contributed by atoms with Gasteiger partial charge in [-0.1, -0.05) is 37.9 Å². The molecule has 2 amide bonds. The summed E-state index contributed by atoms with van der Waals surface area (Å²) in [5, 5.41) is 0.905. The Balaban J connectivity index is 1.12. The first-order valence-electron chi connectivity index (χ1n) is 12.2. The van der Waals surface area contributed by atoms with Crippen molar-refractivity contribution in [2.75, 3.05) is 26.2 Å². The van der Waals surface area contributed by atoms with E-state index in [2.05, 4.69) is 16.8 Å². The summed E-state index contributed by atoms with van der Waals surface area (Å²) < 4.78 is 0. The maximum absolute atomic E-state index is 12.8. The zero-order valence-corrected chi connectivity index (χ0v) is 19.5. The van der Waals surface area contributed by atoms with Crippen molar-refractivity contribution >= 4 is 34.5 Å². The summed E-state index contributed by atoms with van der Waals surface area (Å²) in [6, 6.07) is 0.726. The molecule has 0 radical (unpaired) electrons. The van der Waals surface area contributed by atoms with Crippen molar-refractivity contribution in [2.24, 2.45) is 21.8 Å². The number of allylic oxidation sites excluding steroid dienone is 1. The molecule has 168 valence electrons. The van der Waals surface area contributed by atoms with Crippen LogP contribution in [0.5, 0.6) is 0 Å². The second-order valence-corrected chi connectivity index (χ2v) is 11.0. The molecular formula is C24H34N4O2S. The predicted octanol–water partition coefficient (Wildman–Crippen LogP) is 4.02. The summed E-state index contributed by atoms with van der Waals surface area (Å²) in [7, 11) is 0. The Labute approximate surface area is 189 Å². The van der Waals surface area contributed by atoms with Crippen LogP contribution in [0.25, 0.3) is 0 Å². The topological polar surface area (TPSA) is 65.3 Å². The lowest BCUT2D eigenvalue weighted by molar-refractivity contribution is -0.133. The number of piperazine rings is 1. The van der Waals surface area contributed by atoms with E-state index in [1.807, 2.05) is 4.90 Å². The van der Waals surface area contributed by atoms with Gasteiger partial charge in [0.25, 0.3) is 5.91 Å². The van der Waals surface area contributed by atoms with Crippen LogP contribution >= 0.6 is 11.8 Å². The first kappa shape index (κ1) is 21.4. The standard InChI is InChI=1S/C24H34N4O2S/c1-16-7-8-18-19(15-16)31-24-22(18)23(30)25-20(26-24)9-10-21(29)28-13-11-27(12-14-28)17-5-3-2-4-6-17/h16-17,22H,2-15H2,1H3. The quantitative estimate of drug-likeness (QED) is 0.660. The average Bonchev–Trinajstić information content (AvgIpc) is 3.16. The average molecular weight is 443 g/mol. The van der Waals surface area contributed by atoms with Crippen molar-refractivity contribution in [3.05, 3.63) is 10.5 Å². The van der Waals surface area contributed by atoms with E-state index in [0.29, 0.717) is 24.6 Å². The SMILES string of the molecule is CC1CCC2=C(C1)SC1=NC(CCC(=O)N3CCN(C4CCCCC4)CC3)=NC(=O)C12. The second kappa shape index (κ2) is 9.18. The van der Waals surface area contributed by atoms with Gasteiger partial charge in [-0.15, -0.1) is 0 Å². The molecule has 7 heteroatoms. The molecule has 0 aromatic carbocycles. The molecule has 0 aromatic heterocycles. The lowest BCUT2D eigenvalue weighted by Gasteiger charge is -2.40. The monoisotopic (exact) mass is 442 g/mol. The van der Waals surface area contributed by atoms with Crippen LogP contribution in [0.4, 0.5) is 0 Å². The fraction of sp³-hybridized carbons (Fsp3) is 0.750. The minimum Gasteiger partial charge on any atom is -0.340 e. The van der Waals surface area contributed by atoms with Gasteiger partial charge in [0.1, 0.15) is 11.8 Å². The number of fused-ring (bicyclic) bond motifs is 2. The van der Waals surface area contributed by atoms with Crippen LogP contribution in [0.3, 0.4) is 0 Å². The Hall–Kier alpha value is -1.47. The van der Waals surface area contributed by atoms with E-state index in [9.17, 15) is 9.59 Å². The summed E-state index contributed by atoms with van der Waals surface area (Å²) in [5.41, 5.74) is 1.27. The highest BCUT2D eigenvalue weighted by molar-refractivity contribution is 8.17. The predicted molar refractivity (Wildman–Crippen MR) is 125 cm³/mol. The highest BCUT2D eigenvalue weighted by Crippen LogP contribution is 2.48. The molecule has 0 spiro atoms. The van der Waals surface area contributed by atoms with Crippen LogP contribution in [-0.4, -0.2) is 64.7 Å². The van der Waals surface area contributed by atoms with Crippen LogP contribution in [0.2, 0.25) is 0 Å². The van der Waals surface area contributed by atoms with Crippen LogP contribution < -0.4 is 0 Å². The molecule has 5 rings (SSSR count). The maximum Gasteiger partial charge on any atom is 0.261 e.